The van der Waals surface area contributed by atoms with Crippen molar-refractivity contribution in [1.82, 2.24) is 5.32 Å². The molecule has 0 aromatic rings. The van der Waals surface area contributed by atoms with E-state index in [-0.39, 0.29) is 6.17 Å². The van der Waals surface area contributed by atoms with E-state index in [2.05, 4.69) is 19.2 Å². The minimum absolute atomic E-state index is 0.224. The molecule has 2 nitrogen and oxygen atoms in total. The first kappa shape index (κ1) is 15.9. The van der Waals surface area contributed by atoms with E-state index in [1.807, 2.05) is 0 Å². The van der Waals surface area contributed by atoms with Gasteiger partial charge in [0.15, 0.2) is 0 Å². The number of unbranched alkanes of at least 4 members (excludes halogenated alkanes) is 7. The molecule has 1 unspecified atom stereocenters. The fourth-order valence-corrected chi connectivity index (χ4v) is 1.89. The van der Waals surface area contributed by atoms with E-state index in [0.29, 0.717) is 0 Å². The smallest absolute Gasteiger partial charge is 0.0546 e. The summed E-state index contributed by atoms with van der Waals surface area (Å²) in [6.45, 7) is 5.55. The van der Waals surface area contributed by atoms with E-state index in [1.54, 1.807) is 0 Å². The van der Waals surface area contributed by atoms with Gasteiger partial charge in [-0.25, -0.2) is 0 Å². The molecule has 0 rings (SSSR count). The van der Waals surface area contributed by atoms with E-state index in [9.17, 15) is 0 Å². The van der Waals surface area contributed by atoms with Gasteiger partial charge in [-0.05, 0) is 19.4 Å². The lowest BCUT2D eigenvalue weighted by Gasteiger charge is -2.13. The van der Waals surface area contributed by atoms with Gasteiger partial charge in [0.25, 0.3) is 0 Å². The van der Waals surface area contributed by atoms with Crippen LogP contribution in [0.5, 0.6) is 0 Å². The fraction of sp³-hybridized carbons (Fsp3) is 1.00. The zero-order chi connectivity index (χ0) is 12.1. The Morgan fingerprint density at radius 3 is 2.00 bits per heavy atom. The Labute approximate surface area is 102 Å². The normalized spacial score (nSPS) is 12.9. The largest absolute Gasteiger partial charge is 0.316 e. The van der Waals surface area contributed by atoms with Gasteiger partial charge in [-0.15, -0.1) is 0 Å². The molecule has 0 radical (unpaired) electrons. The maximum absolute atomic E-state index is 5.97. The molecule has 0 saturated heterocycles. The van der Waals surface area contributed by atoms with Crippen molar-refractivity contribution >= 4 is 0 Å². The number of hydrogen-bond acceptors (Lipinski definition) is 2. The van der Waals surface area contributed by atoms with Gasteiger partial charge >= 0.3 is 0 Å². The van der Waals surface area contributed by atoms with Crippen molar-refractivity contribution in [2.24, 2.45) is 5.73 Å². The summed E-state index contributed by atoms with van der Waals surface area (Å²) in [6.07, 6.45) is 13.4. The summed E-state index contributed by atoms with van der Waals surface area (Å²) in [5, 5.41) is 3.37. The Balaban J connectivity index is 3.06. The first-order valence-corrected chi connectivity index (χ1v) is 7.30. The standard InChI is InChI=1S/C14H32N2/c1-3-5-7-8-9-10-11-12-14(15)16-13-6-4-2/h14,16H,3-13,15H2,1-2H3. The first-order valence-electron chi connectivity index (χ1n) is 7.30. The van der Waals surface area contributed by atoms with Gasteiger partial charge in [0.1, 0.15) is 0 Å². The SMILES string of the molecule is CCCCCCCCCC(N)NCCCC. The molecule has 0 fully saturated rings. The predicted octanol–water partition coefficient (Wildman–Crippen LogP) is 3.80. The number of hydrogen-bond donors (Lipinski definition) is 2. The minimum atomic E-state index is 0.224. The maximum atomic E-state index is 5.97. The molecular weight excluding hydrogens is 196 g/mol. The van der Waals surface area contributed by atoms with Crippen LogP contribution in [0.4, 0.5) is 0 Å². The first-order chi connectivity index (χ1) is 7.81. The highest BCUT2D eigenvalue weighted by Crippen LogP contribution is 2.08. The van der Waals surface area contributed by atoms with Crippen molar-refractivity contribution in [3.8, 4) is 0 Å². The van der Waals surface area contributed by atoms with Gasteiger partial charge in [-0.1, -0.05) is 65.2 Å². The molecule has 0 amide bonds. The van der Waals surface area contributed by atoms with Crippen LogP contribution in [-0.2, 0) is 0 Å². The summed E-state index contributed by atoms with van der Waals surface area (Å²) < 4.78 is 0. The quantitative estimate of drug-likeness (QED) is 0.394. The van der Waals surface area contributed by atoms with Gasteiger partial charge in [0.2, 0.25) is 0 Å². The van der Waals surface area contributed by atoms with Crippen LogP contribution in [0.2, 0.25) is 0 Å². The van der Waals surface area contributed by atoms with Gasteiger partial charge in [0, 0.05) is 0 Å². The molecule has 2 heteroatoms. The third-order valence-corrected chi connectivity index (χ3v) is 3.06. The summed E-state index contributed by atoms with van der Waals surface area (Å²) >= 11 is 0. The molecule has 0 aromatic carbocycles. The average Bonchev–Trinajstić information content (AvgIpc) is 2.28. The van der Waals surface area contributed by atoms with Crippen molar-refractivity contribution in [3.05, 3.63) is 0 Å². The van der Waals surface area contributed by atoms with Crippen molar-refractivity contribution < 1.29 is 0 Å². The third-order valence-electron chi connectivity index (χ3n) is 3.06. The predicted molar refractivity (Wildman–Crippen MR) is 73.5 cm³/mol. The van der Waals surface area contributed by atoms with Crippen LogP contribution in [0.25, 0.3) is 0 Å². The molecule has 0 aliphatic heterocycles. The monoisotopic (exact) mass is 228 g/mol. The molecule has 0 saturated carbocycles. The molecule has 0 aromatic heterocycles. The number of nitrogens with two attached hydrogens (primary N) is 1. The van der Waals surface area contributed by atoms with Crippen molar-refractivity contribution in [2.45, 2.75) is 84.2 Å². The second-order valence-electron chi connectivity index (χ2n) is 4.82. The summed E-state index contributed by atoms with van der Waals surface area (Å²) in [6, 6.07) is 0. The van der Waals surface area contributed by atoms with E-state index in [1.165, 1.54) is 57.8 Å². The molecule has 0 aliphatic rings. The van der Waals surface area contributed by atoms with Crippen LogP contribution in [0, 0.1) is 0 Å². The topological polar surface area (TPSA) is 38.0 Å². The van der Waals surface area contributed by atoms with Crippen LogP contribution in [0.1, 0.15) is 78.1 Å². The van der Waals surface area contributed by atoms with E-state index >= 15 is 0 Å². The average molecular weight is 228 g/mol. The highest BCUT2D eigenvalue weighted by Gasteiger charge is 2.00. The molecule has 98 valence electrons. The van der Waals surface area contributed by atoms with Crippen LogP contribution in [0.15, 0.2) is 0 Å². The third kappa shape index (κ3) is 12.0. The minimum Gasteiger partial charge on any atom is -0.316 e. The Hall–Kier alpha value is -0.0800. The Bertz CT molecular complexity index is 126. The zero-order valence-corrected chi connectivity index (χ0v) is 11.4. The van der Waals surface area contributed by atoms with Crippen LogP contribution in [-0.4, -0.2) is 12.7 Å². The summed E-state index contributed by atoms with van der Waals surface area (Å²) in [5.74, 6) is 0. The van der Waals surface area contributed by atoms with Gasteiger partial charge in [0.05, 0.1) is 6.17 Å². The molecule has 16 heavy (non-hydrogen) atoms. The van der Waals surface area contributed by atoms with Crippen LogP contribution in [0.3, 0.4) is 0 Å². The van der Waals surface area contributed by atoms with Gasteiger partial charge in [-0.2, -0.15) is 0 Å². The van der Waals surface area contributed by atoms with Crippen molar-refractivity contribution in [3.63, 3.8) is 0 Å². The second kappa shape index (κ2) is 13.0. The molecule has 0 heterocycles. The Morgan fingerprint density at radius 1 is 0.812 bits per heavy atom. The lowest BCUT2D eigenvalue weighted by atomic mass is 10.1. The van der Waals surface area contributed by atoms with Gasteiger partial charge < -0.3 is 11.1 Å². The lowest BCUT2D eigenvalue weighted by molar-refractivity contribution is 0.457. The van der Waals surface area contributed by atoms with Crippen LogP contribution < -0.4 is 11.1 Å². The summed E-state index contributed by atoms with van der Waals surface area (Å²) in [4.78, 5) is 0. The molecular formula is C14H32N2. The van der Waals surface area contributed by atoms with Crippen molar-refractivity contribution in [1.29, 1.82) is 0 Å². The maximum Gasteiger partial charge on any atom is 0.0546 e. The number of nitrogens with one attached hydrogen (secondary N) is 1. The molecule has 0 aliphatic carbocycles. The Morgan fingerprint density at radius 2 is 1.38 bits per heavy atom. The second-order valence-corrected chi connectivity index (χ2v) is 4.82. The summed E-state index contributed by atoms with van der Waals surface area (Å²) in [5.41, 5.74) is 5.97. The molecule has 0 bridgehead atoms. The lowest BCUT2D eigenvalue weighted by Crippen LogP contribution is -2.37. The van der Waals surface area contributed by atoms with E-state index < -0.39 is 0 Å². The number of rotatable bonds is 12. The van der Waals surface area contributed by atoms with E-state index in [0.717, 1.165) is 13.0 Å². The molecule has 3 N–H and O–H groups in total. The molecule has 1 atom stereocenters. The van der Waals surface area contributed by atoms with Crippen LogP contribution >= 0.6 is 0 Å². The zero-order valence-electron chi connectivity index (χ0n) is 11.4. The van der Waals surface area contributed by atoms with Crippen molar-refractivity contribution in [2.75, 3.05) is 6.54 Å². The Kier molecular flexibility index (Phi) is 12.9. The van der Waals surface area contributed by atoms with Gasteiger partial charge in [-0.3, -0.25) is 0 Å². The highest BCUT2D eigenvalue weighted by atomic mass is 15.0. The van der Waals surface area contributed by atoms with E-state index in [4.69, 9.17) is 5.73 Å². The summed E-state index contributed by atoms with van der Waals surface area (Å²) in [7, 11) is 0. The molecule has 0 spiro atoms. The fourth-order valence-electron chi connectivity index (χ4n) is 1.89. The highest BCUT2D eigenvalue weighted by molar-refractivity contribution is 4.59.